The third-order valence-electron chi connectivity index (χ3n) is 3.44. The molecule has 0 bridgehead atoms. The summed E-state index contributed by atoms with van der Waals surface area (Å²) in [5, 5.41) is 6.21. The summed E-state index contributed by atoms with van der Waals surface area (Å²) >= 11 is 1.45. The van der Waals surface area contributed by atoms with E-state index in [9.17, 15) is 9.59 Å². The van der Waals surface area contributed by atoms with E-state index < -0.39 is 5.41 Å². The zero-order chi connectivity index (χ0) is 14.8. The highest BCUT2D eigenvalue weighted by Crippen LogP contribution is 2.29. The van der Waals surface area contributed by atoms with E-state index in [2.05, 4.69) is 15.4 Å². The van der Waals surface area contributed by atoms with Gasteiger partial charge in [0.25, 0.3) is 0 Å². The van der Waals surface area contributed by atoms with Gasteiger partial charge in [-0.3, -0.25) is 9.59 Å². The third kappa shape index (κ3) is 5.30. The maximum atomic E-state index is 12.3. The lowest BCUT2D eigenvalue weighted by Crippen LogP contribution is -2.50. The Hall–Kier alpha value is -0.790. The lowest BCUT2D eigenvalue weighted by molar-refractivity contribution is -0.137. The number of thioether (sulfide) groups is 1. The van der Waals surface area contributed by atoms with Gasteiger partial charge in [0.1, 0.15) is 0 Å². The first kappa shape index (κ1) is 17.3. The normalized spacial score (nSPS) is 17.5. The smallest absolute Gasteiger partial charge is 0.315 e. The molecule has 0 unspecified atom stereocenters. The minimum absolute atomic E-state index is 0.0551. The Labute approximate surface area is 124 Å². The van der Waals surface area contributed by atoms with Gasteiger partial charge in [-0.2, -0.15) is 0 Å². The van der Waals surface area contributed by atoms with Gasteiger partial charge < -0.3 is 20.1 Å². The number of nitrogens with one attached hydrogen (secondary N) is 2. The SMILES string of the molecule is COCC1(C(=O)NCCSCC(=O)OC)CCNCC1. The molecule has 0 aliphatic carbocycles. The molecule has 2 N–H and O–H groups in total. The van der Waals surface area contributed by atoms with Crippen LogP contribution < -0.4 is 10.6 Å². The van der Waals surface area contributed by atoms with Gasteiger partial charge >= 0.3 is 5.97 Å². The fraction of sp³-hybridized carbons (Fsp3) is 0.846. The molecular weight excluding hydrogens is 280 g/mol. The molecule has 1 aliphatic heterocycles. The third-order valence-corrected chi connectivity index (χ3v) is 4.38. The van der Waals surface area contributed by atoms with Crippen LogP contribution in [0.15, 0.2) is 0 Å². The van der Waals surface area contributed by atoms with Crippen LogP contribution in [0.1, 0.15) is 12.8 Å². The van der Waals surface area contributed by atoms with Crippen LogP contribution in [0.4, 0.5) is 0 Å². The topological polar surface area (TPSA) is 76.7 Å². The summed E-state index contributed by atoms with van der Waals surface area (Å²) in [7, 11) is 3.00. The molecule has 1 fully saturated rings. The number of hydrogen-bond donors (Lipinski definition) is 2. The zero-order valence-electron chi connectivity index (χ0n) is 12.2. The highest BCUT2D eigenvalue weighted by atomic mass is 32.2. The lowest BCUT2D eigenvalue weighted by atomic mass is 9.78. The summed E-state index contributed by atoms with van der Waals surface area (Å²) in [6, 6.07) is 0. The molecule has 0 aromatic heterocycles. The van der Waals surface area contributed by atoms with E-state index in [-0.39, 0.29) is 11.9 Å². The Balaban J connectivity index is 2.30. The second-order valence-corrected chi connectivity index (χ2v) is 5.95. The molecule has 0 radical (unpaired) electrons. The number of ether oxygens (including phenoxy) is 2. The van der Waals surface area contributed by atoms with Crippen LogP contribution in [0, 0.1) is 5.41 Å². The number of carbonyl (C=O) groups excluding carboxylic acids is 2. The van der Waals surface area contributed by atoms with E-state index in [1.165, 1.54) is 18.9 Å². The van der Waals surface area contributed by atoms with E-state index >= 15 is 0 Å². The van der Waals surface area contributed by atoms with Crippen molar-refractivity contribution in [2.45, 2.75) is 12.8 Å². The molecule has 0 aromatic rings. The van der Waals surface area contributed by atoms with Gasteiger partial charge in [0.15, 0.2) is 0 Å². The maximum Gasteiger partial charge on any atom is 0.315 e. The molecule has 1 amide bonds. The Morgan fingerprint density at radius 1 is 1.30 bits per heavy atom. The van der Waals surface area contributed by atoms with Crippen molar-refractivity contribution in [1.82, 2.24) is 10.6 Å². The second-order valence-electron chi connectivity index (χ2n) is 4.85. The molecule has 0 aromatic carbocycles. The molecule has 20 heavy (non-hydrogen) atoms. The highest BCUT2D eigenvalue weighted by molar-refractivity contribution is 7.99. The fourth-order valence-corrected chi connectivity index (χ4v) is 2.93. The Kier molecular flexibility index (Phi) is 7.94. The van der Waals surface area contributed by atoms with Gasteiger partial charge in [-0.05, 0) is 25.9 Å². The largest absolute Gasteiger partial charge is 0.468 e. The summed E-state index contributed by atoms with van der Waals surface area (Å²) in [6.07, 6.45) is 1.59. The quantitative estimate of drug-likeness (QED) is 0.486. The maximum absolute atomic E-state index is 12.3. The first-order valence-electron chi connectivity index (χ1n) is 6.77. The average Bonchev–Trinajstić information content (AvgIpc) is 2.47. The van der Waals surface area contributed by atoms with Crippen molar-refractivity contribution in [2.24, 2.45) is 5.41 Å². The van der Waals surface area contributed by atoms with Gasteiger partial charge in [-0.15, -0.1) is 11.8 Å². The van der Waals surface area contributed by atoms with E-state index in [0.717, 1.165) is 25.9 Å². The average molecular weight is 304 g/mol. The predicted molar refractivity (Wildman–Crippen MR) is 78.8 cm³/mol. The van der Waals surface area contributed by atoms with Crippen LogP contribution >= 0.6 is 11.8 Å². The van der Waals surface area contributed by atoms with Crippen molar-refractivity contribution in [3.8, 4) is 0 Å². The van der Waals surface area contributed by atoms with Crippen molar-refractivity contribution in [3.05, 3.63) is 0 Å². The van der Waals surface area contributed by atoms with Gasteiger partial charge in [0.2, 0.25) is 5.91 Å². The Morgan fingerprint density at radius 3 is 2.60 bits per heavy atom. The van der Waals surface area contributed by atoms with Crippen molar-refractivity contribution < 1.29 is 19.1 Å². The molecule has 116 valence electrons. The van der Waals surface area contributed by atoms with Crippen molar-refractivity contribution in [1.29, 1.82) is 0 Å². The van der Waals surface area contributed by atoms with Gasteiger partial charge in [-0.25, -0.2) is 0 Å². The van der Waals surface area contributed by atoms with E-state index in [0.29, 0.717) is 24.7 Å². The van der Waals surface area contributed by atoms with Crippen LogP contribution in [0.2, 0.25) is 0 Å². The summed E-state index contributed by atoms with van der Waals surface area (Å²) < 4.78 is 9.77. The molecular formula is C13H24N2O4S. The number of hydrogen-bond acceptors (Lipinski definition) is 6. The lowest BCUT2D eigenvalue weighted by Gasteiger charge is -2.35. The van der Waals surface area contributed by atoms with Crippen LogP contribution in [0.3, 0.4) is 0 Å². The van der Waals surface area contributed by atoms with Crippen LogP contribution in [0.5, 0.6) is 0 Å². The molecule has 0 spiro atoms. The second kappa shape index (κ2) is 9.20. The minimum Gasteiger partial charge on any atom is -0.468 e. The number of carbonyl (C=O) groups is 2. The number of methoxy groups -OCH3 is 2. The molecule has 1 rings (SSSR count). The predicted octanol–water partition coefficient (Wildman–Crippen LogP) is 0.0250. The van der Waals surface area contributed by atoms with Crippen molar-refractivity contribution in [3.63, 3.8) is 0 Å². The van der Waals surface area contributed by atoms with E-state index in [1.807, 2.05) is 0 Å². The number of piperidine rings is 1. The van der Waals surface area contributed by atoms with Crippen LogP contribution in [-0.4, -0.2) is 63.8 Å². The first-order chi connectivity index (χ1) is 9.64. The van der Waals surface area contributed by atoms with Crippen LogP contribution in [-0.2, 0) is 19.1 Å². The molecule has 1 saturated heterocycles. The van der Waals surface area contributed by atoms with Crippen molar-refractivity contribution in [2.75, 3.05) is 52.0 Å². The van der Waals surface area contributed by atoms with E-state index in [1.54, 1.807) is 7.11 Å². The van der Waals surface area contributed by atoms with Gasteiger partial charge in [0, 0.05) is 19.4 Å². The van der Waals surface area contributed by atoms with Crippen molar-refractivity contribution >= 4 is 23.6 Å². The zero-order valence-corrected chi connectivity index (χ0v) is 13.0. The molecule has 1 aliphatic rings. The molecule has 0 saturated carbocycles. The molecule has 1 heterocycles. The highest BCUT2D eigenvalue weighted by Gasteiger charge is 2.39. The molecule has 7 heteroatoms. The number of amides is 1. The Bertz CT molecular complexity index is 314. The van der Waals surface area contributed by atoms with Gasteiger partial charge in [-0.1, -0.05) is 0 Å². The summed E-state index contributed by atoms with van der Waals surface area (Å²) in [4.78, 5) is 23.3. The summed E-state index contributed by atoms with van der Waals surface area (Å²) in [6.45, 7) is 2.69. The Morgan fingerprint density at radius 2 is 2.00 bits per heavy atom. The van der Waals surface area contributed by atoms with E-state index in [4.69, 9.17) is 4.74 Å². The summed E-state index contributed by atoms with van der Waals surface area (Å²) in [5.74, 6) is 0.830. The number of esters is 1. The molecule has 0 atom stereocenters. The monoisotopic (exact) mass is 304 g/mol. The van der Waals surface area contributed by atoms with Crippen LogP contribution in [0.25, 0.3) is 0 Å². The fourth-order valence-electron chi connectivity index (χ4n) is 2.26. The number of rotatable bonds is 8. The first-order valence-corrected chi connectivity index (χ1v) is 7.92. The minimum atomic E-state index is -0.410. The summed E-state index contributed by atoms with van der Waals surface area (Å²) in [5.41, 5.74) is -0.410. The van der Waals surface area contributed by atoms with Gasteiger partial charge in [0.05, 0.1) is 24.9 Å². The standard InChI is InChI=1S/C13H24N2O4S/c1-18-10-13(3-5-14-6-4-13)12(17)15-7-8-20-9-11(16)19-2/h14H,3-10H2,1-2H3,(H,15,17). The molecule has 6 nitrogen and oxygen atoms in total.